The highest BCUT2D eigenvalue weighted by Gasteiger charge is 2.20. The molecule has 0 saturated heterocycles. The Kier molecular flexibility index (Phi) is 8.97. The van der Waals surface area contributed by atoms with Gasteiger partial charge in [0.15, 0.2) is 11.5 Å². The van der Waals surface area contributed by atoms with Gasteiger partial charge in [-0.2, -0.15) is 0 Å². The zero-order chi connectivity index (χ0) is 22.0. The Bertz CT molecular complexity index is 1260. The molecule has 4 aromatic rings. The van der Waals surface area contributed by atoms with Crippen LogP contribution < -0.4 is 14.2 Å². The molecule has 0 aliphatic rings. The zero-order valence-electron chi connectivity index (χ0n) is 19.0. The van der Waals surface area contributed by atoms with Gasteiger partial charge in [0, 0.05) is 34.3 Å². The standard InChI is InChI=1S/C25H26N2O4.2ClH/c1-5-6-21-18-8-10-22(30-3)24(31-4)23(18)19(25(28)27-21)12-15-11-16-13-17(29-2)7-9-20(16)26-14-15;;/h7-11,13-14H,5-6,12H2,1-4H3,(H,27,28);2*1H. The number of benzene rings is 2. The summed E-state index contributed by atoms with van der Waals surface area (Å²) < 4.78 is 16.6. The van der Waals surface area contributed by atoms with E-state index in [2.05, 4.69) is 23.0 Å². The van der Waals surface area contributed by atoms with Crippen molar-refractivity contribution in [3.8, 4) is 23.1 Å². The van der Waals surface area contributed by atoms with E-state index < -0.39 is 0 Å². The normalized spacial score (nSPS) is 10.4. The van der Waals surface area contributed by atoms with E-state index in [1.807, 2.05) is 36.5 Å². The first-order chi connectivity index (χ1) is 15.1. The van der Waals surface area contributed by atoms with Crippen molar-refractivity contribution >= 4 is 46.5 Å². The summed E-state index contributed by atoms with van der Waals surface area (Å²) >= 11 is 0. The molecule has 8 heteroatoms. The first-order valence-corrected chi connectivity index (χ1v) is 10.3. The number of hydrogen-bond donors (Lipinski definition) is 1. The zero-order valence-corrected chi connectivity index (χ0v) is 20.7. The van der Waals surface area contributed by atoms with Gasteiger partial charge in [0.05, 0.1) is 32.5 Å². The Morgan fingerprint density at radius 2 is 1.73 bits per heavy atom. The number of aryl methyl sites for hydroxylation is 1. The molecule has 0 atom stereocenters. The van der Waals surface area contributed by atoms with E-state index >= 15 is 0 Å². The van der Waals surface area contributed by atoms with Crippen molar-refractivity contribution in [2.75, 3.05) is 21.3 Å². The average molecular weight is 491 g/mol. The maximum Gasteiger partial charge on any atom is 0.215 e. The highest BCUT2D eigenvalue weighted by molar-refractivity contribution is 5.96. The first kappa shape index (κ1) is 26.3. The van der Waals surface area contributed by atoms with E-state index in [9.17, 15) is 5.11 Å². The Labute approximate surface area is 205 Å². The first-order valence-electron chi connectivity index (χ1n) is 10.3. The van der Waals surface area contributed by atoms with Gasteiger partial charge in [-0.15, -0.1) is 24.8 Å². The molecule has 0 amide bonds. The second-order valence-electron chi connectivity index (χ2n) is 7.41. The number of rotatable bonds is 7. The van der Waals surface area contributed by atoms with Gasteiger partial charge in [-0.1, -0.05) is 13.3 Å². The fraction of sp³-hybridized carbons (Fsp3) is 0.280. The predicted molar refractivity (Wildman–Crippen MR) is 136 cm³/mol. The number of aromatic nitrogens is 2. The summed E-state index contributed by atoms with van der Waals surface area (Å²) in [5.74, 6) is 2.00. The molecule has 33 heavy (non-hydrogen) atoms. The van der Waals surface area contributed by atoms with Crippen molar-refractivity contribution in [3.63, 3.8) is 0 Å². The van der Waals surface area contributed by atoms with Crippen molar-refractivity contribution in [1.82, 2.24) is 9.97 Å². The van der Waals surface area contributed by atoms with Crippen LogP contribution in [0.4, 0.5) is 0 Å². The van der Waals surface area contributed by atoms with Crippen LogP contribution in [0.2, 0.25) is 0 Å². The van der Waals surface area contributed by atoms with Crippen molar-refractivity contribution < 1.29 is 19.3 Å². The number of aromatic hydroxyl groups is 1. The molecule has 176 valence electrons. The minimum Gasteiger partial charge on any atom is -0.497 e. The molecule has 0 saturated carbocycles. The molecular formula is C25H28Cl2N2O4. The summed E-state index contributed by atoms with van der Waals surface area (Å²) in [5.41, 5.74) is 3.37. The molecule has 0 fully saturated rings. The van der Waals surface area contributed by atoms with Gasteiger partial charge in [-0.25, -0.2) is 4.98 Å². The van der Waals surface area contributed by atoms with Crippen LogP contribution in [0.5, 0.6) is 23.1 Å². The third-order valence-electron chi connectivity index (χ3n) is 5.48. The van der Waals surface area contributed by atoms with Crippen molar-refractivity contribution in [3.05, 3.63) is 59.4 Å². The quantitative estimate of drug-likeness (QED) is 0.347. The van der Waals surface area contributed by atoms with Gasteiger partial charge < -0.3 is 19.3 Å². The molecule has 0 spiro atoms. The van der Waals surface area contributed by atoms with E-state index in [1.54, 1.807) is 21.3 Å². The van der Waals surface area contributed by atoms with Crippen LogP contribution in [0.3, 0.4) is 0 Å². The molecular weight excluding hydrogens is 463 g/mol. The molecule has 0 aliphatic carbocycles. The molecule has 4 rings (SSSR count). The van der Waals surface area contributed by atoms with Crippen molar-refractivity contribution in [1.29, 1.82) is 0 Å². The lowest BCUT2D eigenvalue weighted by Crippen LogP contribution is -2.02. The number of hydrogen-bond acceptors (Lipinski definition) is 6. The summed E-state index contributed by atoms with van der Waals surface area (Å²) in [7, 11) is 4.87. The fourth-order valence-corrected chi connectivity index (χ4v) is 4.01. The highest BCUT2D eigenvalue weighted by atomic mass is 35.5. The number of fused-ring (bicyclic) bond motifs is 2. The lowest BCUT2D eigenvalue weighted by atomic mass is 9.96. The second-order valence-corrected chi connectivity index (χ2v) is 7.41. The molecule has 2 heterocycles. The molecule has 0 unspecified atom stereocenters. The minimum absolute atomic E-state index is 0. The van der Waals surface area contributed by atoms with Gasteiger partial charge in [0.1, 0.15) is 5.75 Å². The van der Waals surface area contributed by atoms with Crippen LogP contribution in [0.25, 0.3) is 21.7 Å². The Hall–Kier alpha value is -2.96. The second kappa shape index (κ2) is 11.3. The Morgan fingerprint density at radius 1 is 0.939 bits per heavy atom. The molecule has 0 aliphatic heterocycles. The number of methoxy groups -OCH3 is 3. The van der Waals surface area contributed by atoms with Gasteiger partial charge >= 0.3 is 0 Å². The summed E-state index contributed by atoms with van der Waals surface area (Å²) in [6.07, 6.45) is 3.96. The SMILES string of the molecule is CCCc1nc(O)c(Cc2cnc3ccc(OC)cc3c2)c2c(OC)c(OC)ccc12.Cl.Cl. The number of nitrogens with zero attached hydrogens (tertiary/aromatic N) is 2. The number of halogens is 2. The minimum atomic E-state index is 0. The molecule has 0 radical (unpaired) electrons. The molecule has 2 aromatic heterocycles. The summed E-state index contributed by atoms with van der Waals surface area (Å²) in [4.78, 5) is 9.10. The highest BCUT2D eigenvalue weighted by Crippen LogP contribution is 2.42. The third-order valence-corrected chi connectivity index (χ3v) is 5.48. The van der Waals surface area contributed by atoms with Crippen LogP contribution in [0.15, 0.2) is 42.6 Å². The average Bonchev–Trinajstić information content (AvgIpc) is 2.80. The summed E-state index contributed by atoms with van der Waals surface area (Å²) in [6.45, 7) is 2.09. The van der Waals surface area contributed by atoms with E-state index in [0.717, 1.165) is 51.5 Å². The van der Waals surface area contributed by atoms with Crippen LogP contribution in [-0.4, -0.2) is 36.4 Å². The van der Waals surface area contributed by atoms with Gasteiger partial charge in [-0.05, 0) is 48.4 Å². The molecule has 6 nitrogen and oxygen atoms in total. The van der Waals surface area contributed by atoms with E-state index in [1.165, 1.54) is 0 Å². The maximum absolute atomic E-state index is 10.9. The topological polar surface area (TPSA) is 73.7 Å². The van der Waals surface area contributed by atoms with Gasteiger partial charge in [-0.3, -0.25) is 4.98 Å². The lowest BCUT2D eigenvalue weighted by Gasteiger charge is -2.17. The smallest absolute Gasteiger partial charge is 0.215 e. The molecule has 0 bridgehead atoms. The van der Waals surface area contributed by atoms with Crippen molar-refractivity contribution in [2.45, 2.75) is 26.2 Å². The number of pyridine rings is 2. The molecule has 1 N–H and O–H groups in total. The Balaban J connectivity index is 0.00000193. The van der Waals surface area contributed by atoms with Crippen LogP contribution in [-0.2, 0) is 12.8 Å². The fourth-order valence-electron chi connectivity index (χ4n) is 4.01. The summed E-state index contributed by atoms with van der Waals surface area (Å²) in [6, 6.07) is 11.7. The monoisotopic (exact) mass is 490 g/mol. The van der Waals surface area contributed by atoms with E-state index in [0.29, 0.717) is 23.5 Å². The van der Waals surface area contributed by atoms with Gasteiger partial charge in [0.25, 0.3) is 0 Å². The van der Waals surface area contributed by atoms with Gasteiger partial charge in [0.2, 0.25) is 5.88 Å². The maximum atomic E-state index is 10.9. The largest absolute Gasteiger partial charge is 0.497 e. The molecule has 2 aromatic carbocycles. The lowest BCUT2D eigenvalue weighted by molar-refractivity contribution is 0.358. The van der Waals surface area contributed by atoms with E-state index in [4.69, 9.17) is 14.2 Å². The Morgan fingerprint density at radius 3 is 2.39 bits per heavy atom. The van der Waals surface area contributed by atoms with Crippen LogP contribution in [0, 0.1) is 0 Å². The third kappa shape index (κ3) is 5.02. The van der Waals surface area contributed by atoms with Crippen LogP contribution in [0.1, 0.15) is 30.2 Å². The van der Waals surface area contributed by atoms with E-state index in [-0.39, 0.29) is 30.7 Å². The van der Waals surface area contributed by atoms with Crippen molar-refractivity contribution in [2.24, 2.45) is 0 Å². The summed E-state index contributed by atoms with van der Waals surface area (Å²) in [5, 5.41) is 13.7. The number of ether oxygens (including phenoxy) is 3. The van der Waals surface area contributed by atoms with Crippen LogP contribution >= 0.6 is 24.8 Å². The predicted octanol–water partition coefficient (Wildman–Crippen LogP) is 5.90.